The monoisotopic (exact) mass is 471 g/mol. The molecule has 0 aliphatic carbocycles. The van der Waals surface area contributed by atoms with E-state index in [2.05, 4.69) is 67.2 Å². The van der Waals surface area contributed by atoms with Gasteiger partial charge in [-0.25, -0.2) is 0 Å². The maximum absolute atomic E-state index is 6.00. The number of aryl methyl sites for hydroxylation is 1. The van der Waals surface area contributed by atoms with Crippen molar-refractivity contribution in [3.63, 3.8) is 0 Å². The van der Waals surface area contributed by atoms with Gasteiger partial charge in [0, 0.05) is 17.5 Å². The van der Waals surface area contributed by atoms with Gasteiger partial charge in [-0.2, -0.15) is 0 Å². The molecule has 2 N–H and O–H groups in total. The van der Waals surface area contributed by atoms with Gasteiger partial charge in [0.15, 0.2) is 0 Å². The Bertz CT molecular complexity index is 919. The Morgan fingerprint density at radius 3 is 2.24 bits per heavy atom. The standard InChI is InChI=1S/C28H41N3O.ClH/c1-4-6-7-8-9-10-11-12-13-14-23-16-17-24(30-23)20-27-28(32-19-5-2)21-26(31-27)25-18-15-22(3)29-25;/h15-18,20-21,29,31H,4-14,19H2,1-3H3;1H. The lowest BCUT2D eigenvalue weighted by molar-refractivity contribution is 0.317. The van der Waals surface area contributed by atoms with Crippen LogP contribution in [-0.4, -0.2) is 22.3 Å². The molecule has 2 aromatic rings. The van der Waals surface area contributed by atoms with Crippen LogP contribution in [0, 0.1) is 6.92 Å². The third kappa shape index (κ3) is 8.92. The molecule has 5 heteroatoms. The Kier molecular flexibility index (Phi) is 12.2. The number of allylic oxidation sites excluding steroid dienone is 2. The molecule has 1 aliphatic rings. The van der Waals surface area contributed by atoms with Crippen molar-refractivity contribution < 1.29 is 4.74 Å². The minimum Gasteiger partial charge on any atom is -0.491 e. The predicted octanol–water partition coefficient (Wildman–Crippen LogP) is 8.80. The molecule has 0 unspecified atom stereocenters. The summed E-state index contributed by atoms with van der Waals surface area (Å²) in [6.07, 6.45) is 20.7. The molecular weight excluding hydrogens is 430 g/mol. The van der Waals surface area contributed by atoms with E-state index in [1.54, 1.807) is 0 Å². The van der Waals surface area contributed by atoms with Crippen LogP contribution < -0.4 is 4.74 Å². The van der Waals surface area contributed by atoms with Gasteiger partial charge in [-0.15, -0.1) is 12.4 Å². The molecule has 0 aromatic carbocycles. The maximum atomic E-state index is 6.00. The summed E-state index contributed by atoms with van der Waals surface area (Å²) >= 11 is 0. The number of aliphatic imine (C=N–C) groups is 1. The average Bonchev–Trinajstić information content (AvgIpc) is 3.52. The van der Waals surface area contributed by atoms with Crippen molar-refractivity contribution in [3.8, 4) is 17.1 Å². The van der Waals surface area contributed by atoms with Crippen LogP contribution in [0.5, 0.6) is 5.75 Å². The van der Waals surface area contributed by atoms with Crippen molar-refractivity contribution in [1.29, 1.82) is 0 Å². The molecule has 0 saturated heterocycles. The number of ether oxygens (including phenoxy) is 1. The first-order chi connectivity index (χ1) is 15.7. The molecule has 0 radical (unpaired) electrons. The Morgan fingerprint density at radius 2 is 1.58 bits per heavy atom. The van der Waals surface area contributed by atoms with Crippen LogP contribution in [0.4, 0.5) is 0 Å². The summed E-state index contributed by atoms with van der Waals surface area (Å²) in [4.78, 5) is 11.7. The number of nitrogens with zero attached hydrogens (tertiary/aromatic N) is 1. The first kappa shape index (κ1) is 27.0. The third-order valence-electron chi connectivity index (χ3n) is 5.94. The summed E-state index contributed by atoms with van der Waals surface area (Å²) in [5.74, 6) is 0.887. The number of aromatic nitrogens is 2. The van der Waals surface area contributed by atoms with Crippen molar-refractivity contribution in [2.75, 3.05) is 6.61 Å². The van der Waals surface area contributed by atoms with Crippen LogP contribution in [0.3, 0.4) is 0 Å². The van der Waals surface area contributed by atoms with Gasteiger partial charge in [-0.3, -0.25) is 4.99 Å². The smallest absolute Gasteiger partial charge is 0.144 e. The van der Waals surface area contributed by atoms with E-state index >= 15 is 0 Å². The fourth-order valence-electron chi connectivity index (χ4n) is 4.10. The van der Waals surface area contributed by atoms with E-state index in [1.807, 2.05) is 0 Å². The van der Waals surface area contributed by atoms with Crippen LogP contribution in [0.15, 0.2) is 41.0 Å². The Hall–Kier alpha value is -2.20. The number of aromatic amines is 2. The SMILES string of the molecule is CCCCCCCCCCCC1=NC(=Cc2[nH]c(-c3ccc(C)[nH]3)cc2OCCC)C=C1.Cl. The van der Waals surface area contributed by atoms with Crippen molar-refractivity contribution in [1.82, 2.24) is 9.97 Å². The van der Waals surface area contributed by atoms with Gasteiger partial charge in [-0.1, -0.05) is 65.2 Å². The lowest BCUT2D eigenvalue weighted by Gasteiger charge is -2.03. The first-order valence-corrected chi connectivity index (χ1v) is 12.7. The number of hydrogen-bond donors (Lipinski definition) is 2. The molecule has 2 aromatic heterocycles. The van der Waals surface area contributed by atoms with Gasteiger partial charge in [0.05, 0.1) is 29.4 Å². The highest BCUT2D eigenvalue weighted by atomic mass is 35.5. The minimum atomic E-state index is 0. The van der Waals surface area contributed by atoms with Gasteiger partial charge < -0.3 is 14.7 Å². The Labute approximate surface area is 206 Å². The van der Waals surface area contributed by atoms with Gasteiger partial charge in [0.2, 0.25) is 0 Å². The summed E-state index contributed by atoms with van der Waals surface area (Å²) in [5.41, 5.74) is 6.43. The average molecular weight is 472 g/mol. The van der Waals surface area contributed by atoms with E-state index in [1.165, 1.54) is 63.5 Å². The molecule has 182 valence electrons. The highest BCUT2D eigenvalue weighted by Gasteiger charge is 2.12. The normalized spacial score (nSPS) is 14.0. The molecule has 33 heavy (non-hydrogen) atoms. The van der Waals surface area contributed by atoms with E-state index in [4.69, 9.17) is 9.73 Å². The molecule has 3 heterocycles. The number of unbranched alkanes of at least 4 members (excludes halogenated alkanes) is 8. The fraction of sp³-hybridized carbons (Fsp3) is 0.536. The number of halogens is 1. The molecule has 4 nitrogen and oxygen atoms in total. The van der Waals surface area contributed by atoms with E-state index in [0.29, 0.717) is 6.61 Å². The Morgan fingerprint density at radius 1 is 0.848 bits per heavy atom. The number of H-pyrrole nitrogens is 2. The molecule has 0 saturated carbocycles. The zero-order valence-electron chi connectivity index (χ0n) is 20.7. The topological polar surface area (TPSA) is 53.2 Å². The highest BCUT2D eigenvalue weighted by molar-refractivity contribution is 5.99. The first-order valence-electron chi connectivity index (χ1n) is 12.7. The van der Waals surface area contributed by atoms with E-state index < -0.39 is 0 Å². The minimum absolute atomic E-state index is 0. The quantitative estimate of drug-likeness (QED) is 0.250. The molecule has 0 bridgehead atoms. The highest BCUT2D eigenvalue weighted by Crippen LogP contribution is 2.30. The summed E-state index contributed by atoms with van der Waals surface area (Å²) in [6, 6.07) is 6.27. The molecule has 0 fully saturated rings. The van der Waals surface area contributed by atoms with Gasteiger partial charge in [0.25, 0.3) is 0 Å². The predicted molar refractivity (Wildman–Crippen MR) is 145 cm³/mol. The maximum Gasteiger partial charge on any atom is 0.144 e. The van der Waals surface area contributed by atoms with E-state index in [0.717, 1.165) is 47.1 Å². The number of hydrogen-bond acceptors (Lipinski definition) is 2. The third-order valence-corrected chi connectivity index (χ3v) is 5.94. The largest absolute Gasteiger partial charge is 0.491 e. The van der Waals surface area contributed by atoms with Crippen molar-refractivity contribution in [2.45, 2.75) is 91.4 Å². The summed E-state index contributed by atoms with van der Waals surface area (Å²) in [5, 5.41) is 0. The second kappa shape index (κ2) is 14.8. The van der Waals surface area contributed by atoms with Gasteiger partial charge >= 0.3 is 0 Å². The summed E-state index contributed by atoms with van der Waals surface area (Å²) in [7, 11) is 0. The van der Waals surface area contributed by atoms with Crippen molar-refractivity contribution in [3.05, 3.63) is 47.4 Å². The van der Waals surface area contributed by atoms with Crippen LogP contribution in [-0.2, 0) is 0 Å². The summed E-state index contributed by atoms with van der Waals surface area (Å²) in [6.45, 7) is 7.18. The van der Waals surface area contributed by atoms with Crippen LogP contribution >= 0.6 is 12.4 Å². The van der Waals surface area contributed by atoms with Crippen LogP contribution in [0.25, 0.3) is 17.5 Å². The van der Waals surface area contributed by atoms with Gasteiger partial charge in [0.1, 0.15) is 5.75 Å². The molecular formula is C28H42ClN3O. The van der Waals surface area contributed by atoms with Crippen molar-refractivity contribution >= 4 is 24.2 Å². The zero-order valence-corrected chi connectivity index (χ0v) is 21.5. The van der Waals surface area contributed by atoms with Crippen LogP contribution in [0.1, 0.15) is 95.9 Å². The molecule has 3 rings (SSSR count). The molecule has 1 aliphatic heterocycles. The second-order valence-corrected chi connectivity index (χ2v) is 8.95. The lowest BCUT2D eigenvalue weighted by Crippen LogP contribution is -1.95. The number of rotatable bonds is 15. The summed E-state index contributed by atoms with van der Waals surface area (Å²) < 4.78 is 6.00. The lowest BCUT2D eigenvalue weighted by atomic mass is 10.1. The molecule has 0 atom stereocenters. The number of nitrogens with one attached hydrogen (secondary N) is 2. The zero-order chi connectivity index (χ0) is 22.6. The van der Waals surface area contributed by atoms with Crippen LogP contribution in [0.2, 0.25) is 0 Å². The molecule has 0 spiro atoms. The van der Waals surface area contributed by atoms with Crippen molar-refractivity contribution in [2.24, 2.45) is 4.99 Å². The Balaban J connectivity index is 0.00000385. The van der Waals surface area contributed by atoms with E-state index in [-0.39, 0.29) is 12.4 Å². The van der Waals surface area contributed by atoms with E-state index in [9.17, 15) is 0 Å². The van der Waals surface area contributed by atoms with Gasteiger partial charge in [-0.05, 0) is 56.5 Å². The fourth-order valence-corrected chi connectivity index (χ4v) is 4.10. The molecule has 0 amide bonds. The second-order valence-electron chi connectivity index (χ2n) is 8.95.